The van der Waals surface area contributed by atoms with E-state index < -0.39 is 0 Å². The van der Waals surface area contributed by atoms with Crippen LogP contribution in [0, 0.1) is 0 Å². The van der Waals surface area contributed by atoms with E-state index in [4.69, 9.17) is 4.42 Å². The van der Waals surface area contributed by atoms with Gasteiger partial charge in [-0.3, -0.25) is 0 Å². The maximum atomic E-state index is 5.52. The summed E-state index contributed by atoms with van der Waals surface area (Å²) in [5, 5.41) is 3.35. The van der Waals surface area contributed by atoms with Crippen molar-refractivity contribution in [3.63, 3.8) is 0 Å². The van der Waals surface area contributed by atoms with Crippen molar-refractivity contribution in [1.82, 2.24) is 5.32 Å². The summed E-state index contributed by atoms with van der Waals surface area (Å²) in [4.78, 5) is 0. The Balaban J connectivity index is 2.48. The highest BCUT2D eigenvalue weighted by atomic mass is 79.9. The van der Waals surface area contributed by atoms with Gasteiger partial charge in [0.15, 0.2) is 0 Å². The topological polar surface area (TPSA) is 25.2 Å². The standard InChI is InChI=1S/C14H15Br2NO/c1-3-13-10(6-7-18-13)14(17-2)11-8-9(15)4-5-12(11)16/h4-8,14,17H,3H2,1-2H3. The van der Waals surface area contributed by atoms with Gasteiger partial charge in [-0.2, -0.15) is 0 Å². The molecule has 1 aromatic carbocycles. The van der Waals surface area contributed by atoms with E-state index in [-0.39, 0.29) is 6.04 Å². The number of hydrogen-bond acceptors (Lipinski definition) is 2. The predicted octanol–water partition coefficient (Wildman–Crippen LogP) is 4.68. The van der Waals surface area contributed by atoms with Gasteiger partial charge in [-0.1, -0.05) is 38.8 Å². The van der Waals surface area contributed by atoms with Crippen LogP contribution in [0.15, 0.2) is 43.9 Å². The highest BCUT2D eigenvalue weighted by molar-refractivity contribution is 9.11. The van der Waals surface area contributed by atoms with E-state index in [1.54, 1.807) is 6.26 Å². The quantitative estimate of drug-likeness (QED) is 0.843. The Kier molecular flexibility index (Phi) is 4.65. The molecule has 2 rings (SSSR count). The van der Waals surface area contributed by atoms with E-state index in [1.807, 2.05) is 19.2 Å². The van der Waals surface area contributed by atoms with Gasteiger partial charge in [0.25, 0.3) is 0 Å². The van der Waals surface area contributed by atoms with E-state index in [0.717, 1.165) is 21.1 Å². The van der Waals surface area contributed by atoms with Crippen molar-refractivity contribution in [2.75, 3.05) is 7.05 Å². The van der Waals surface area contributed by atoms with E-state index >= 15 is 0 Å². The lowest BCUT2D eigenvalue weighted by Crippen LogP contribution is -2.18. The minimum absolute atomic E-state index is 0.130. The highest BCUT2D eigenvalue weighted by Gasteiger charge is 2.19. The van der Waals surface area contributed by atoms with Crippen molar-refractivity contribution in [3.8, 4) is 0 Å². The third-order valence-electron chi connectivity index (χ3n) is 2.97. The molecule has 0 aliphatic carbocycles. The molecule has 1 atom stereocenters. The van der Waals surface area contributed by atoms with Crippen LogP contribution in [-0.4, -0.2) is 7.05 Å². The van der Waals surface area contributed by atoms with Crippen LogP contribution in [0.25, 0.3) is 0 Å². The van der Waals surface area contributed by atoms with Gasteiger partial charge in [0.2, 0.25) is 0 Å². The normalized spacial score (nSPS) is 12.7. The Labute approximate surface area is 124 Å². The molecule has 0 amide bonds. The van der Waals surface area contributed by atoms with Gasteiger partial charge in [0.1, 0.15) is 5.76 Å². The second-order valence-electron chi connectivity index (χ2n) is 4.04. The smallest absolute Gasteiger partial charge is 0.108 e. The average Bonchev–Trinajstić information content (AvgIpc) is 2.83. The maximum Gasteiger partial charge on any atom is 0.108 e. The summed E-state index contributed by atoms with van der Waals surface area (Å²) in [6.45, 7) is 2.10. The molecule has 0 aliphatic heterocycles. The maximum absolute atomic E-state index is 5.52. The van der Waals surface area contributed by atoms with Gasteiger partial charge >= 0.3 is 0 Å². The van der Waals surface area contributed by atoms with Crippen molar-refractivity contribution in [3.05, 3.63) is 56.4 Å². The average molecular weight is 373 g/mol. The van der Waals surface area contributed by atoms with Crippen LogP contribution in [0.5, 0.6) is 0 Å². The first-order valence-electron chi connectivity index (χ1n) is 5.85. The molecule has 1 unspecified atom stereocenters. The lowest BCUT2D eigenvalue weighted by molar-refractivity contribution is 0.504. The second kappa shape index (κ2) is 6.04. The molecular formula is C14H15Br2NO. The van der Waals surface area contributed by atoms with Gasteiger partial charge < -0.3 is 9.73 Å². The minimum atomic E-state index is 0.130. The largest absolute Gasteiger partial charge is 0.469 e. The first-order chi connectivity index (χ1) is 8.67. The van der Waals surface area contributed by atoms with E-state index in [9.17, 15) is 0 Å². The Morgan fingerprint density at radius 2 is 2.00 bits per heavy atom. The summed E-state index contributed by atoms with van der Waals surface area (Å²) < 4.78 is 7.68. The fourth-order valence-corrected chi connectivity index (χ4v) is 2.96. The van der Waals surface area contributed by atoms with Crippen molar-refractivity contribution in [1.29, 1.82) is 0 Å². The molecule has 2 aromatic rings. The molecule has 0 bridgehead atoms. The third kappa shape index (κ3) is 2.71. The number of rotatable bonds is 4. The lowest BCUT2D eigenvalue weighted by Gasteiger charge is -2.18. The number of aryl methyl sites for hydroxylation is 1. The van der Waals surface area contributed by atoms with Gasteiger partial charge in [-0.05, 0) is 36.9 Å². The summed E-state index contributed by atoms with van der Waals surface area (Å²) in [6, 6.07) is 8.36. The molecule has 0 fully saturated rings. The minimum Gasteiger partial charge on any atom is -0.469 e. The van der Waals surface area contributed by atoms with Gasteiger partial charge in [0, 0.05) is 20.9 Å². The van der Waals surface area contributed by atoms with E-state index in [0.29, 0.717) is 0 Å². The van der Waals surface area contributed by atoms with Crippen molar-refractivity contribution in [2.45, 2.75) is 19.4 Å². The summed E-state index contributed by atoms with van der Waals surface area (Å²) >= 11 is 7.13. The third-order valence-corrected chi connectivity index (χ3v) is 4.19. The molecule has 0 spiro atoms. The second-order valence-corrected chi connectivity index (χ2v) is 5.81. The Morgan fingerprint density at radius 1 is 1.22 bits per heavy atom. The number of nitrogens with one attached hydrogen (secondary N) is 1. The van der Waals surface area contributed by atoms with E-state index in [2.05, 4.69) is 56.2 Å². The molecule has 4 heteroatoms. The van der Waals surface area contributed by atoms with Gasteiger partial charge in [-0.25, -0.2) is 0 Å². The highest BCUT2D eigenvalue weighted by Crippen LogP contribution is 2.32. The van der Waals surface area contributed by atoms with Gasteiger partial charge in [0.05, 0.1) is 12.3 Å². The molecule has 0 saturated heterocycles. The van der Waals surface area contributed by atoms with Crippen LogP contribution in [0.3, 0.4) is 0 Å². The first kappa shape index (κ1) is 13.8. The lowest BCUT2D eigenvalue weighted by atomic mass is 9.98. The van der Waals surface area contributed by atoms with Crippen molar-refractivity contribution < 1.29 is 4.42 Å². The molecule has 0 aliphatic rings. The Bertz CT molecular complexity index is 536. The zero-order chi connectivity index (χ0) is 13.1. The van der Waals surface area contributed by atoms with E-state index in [1.165, 1.54) is 11.1 Å². The summed E-state index contributed by atoms with van der Waals surface area (Å²) in [5.41, 5.74) is 2.39. The molecule has 1 heterocycles. The molecule has 0 saturated carbocycles. The number of benzene rings is 1. The Hall–Kier alpha value is -0.580. The molecule has 1 aromatic heterocycles. The molecule has 1 N–H and O–H groups in total. The van der Waals surface area contributed by atoms with Crippen molar-refractivity contribution in [2.24, 2.45) is 0 Å². The molecule has 96 valence electrons. The van der Waals surface area contributed by atoms with Gasteiger partial charge in [-0.15, -0.1) is 0 Å². The SMILES string of the molecule is CCc1occc1C(NC)c1cc(Br)ccc1Br. The zero-order valence-electron chi connectivity index (χ0n) is 10.3. The number of halogens is 2. The van der Waals surface area contributed by atoms with Crippen LogP contribution < -0.4 is 5.32 Å². The van der Waals surface area contributed by atoms with Crippen LogP contribution in [-0.2, 0) is 6.42 Å². The number of hydrogen-bond donors (Lipinski definition) is 1. The summed E-state index contributed by atoms with van der Waals surface area (Å²) in [6.07, 6.45) is 2.65. The van der Waals surface area contributed by atoms with Crippen LogP contribution >= 0.6 is 31.9 Å². The molecular weight excluding hydrogens is 358 g/mol. The van der Waals surface area contributed by atoms with Crippen LogP contribution in [0.2, 0.25) is 0 Å². The summed E-state index contributed by atoms with van der Waals surface area (Å²) in [7, 11) is 1.96. The molecule has 0 radical (unpaired) electrons. The summed E-state index contributed by atoms with van der Waals surface area (Å²) in [5.74, 6) is 1.03. The molecule has 2 nitrogen and oxygen atoms in total. The predicted molar refractivity (Wildman–Crippen MR) is 80.8 cm³/mol. The zero-order valence-corrected chi connectivity index (χ0v) is 13.5. The molecule has 18 heavy (non-hydrogen) atoms. The monoisotopic (exact) mass is 371 g/mol. The van der Waals surface area contributed by atoms with Crippen LogP contribution in [0.4, 0.5) is 0 Å². The fraction of sp³-hybridized carbons (Fsp3) is 0.286. The number of furan rings is 1. The van der Waals surface area contributed by atoms with Crippen LogP contribution in [0.1, 0.15) is 29.9 Å². The fourth-order valence-electron chi connectivity index (χ4n) is 2.11. The van der Waals surface area contributed by atoms with Crippen molar-refractivity contribution >= 4 is 31.9 Å². The Morgan fingerprint density at radius 3 is 2.67 bits per heavy atom. The first-order valence-corrected chi connectivity index (χ1v) is 7.44.